The molecule has 0 saturated heterocycles. The molecule has 82 valence electrons. The molecule has 0 spiro atoms. The van der Waals surface area contributed by atoms with Crippen LogP contribution >= 0.6 is 0 Å². The SMILES string of the molecule is C=CC1OC(=O)C(C(=C)C)=C1CCCC. The molecule has 0 aromatic carbocycles. The molecule has 0 amide bonds. The van der Waals surface area contributed by atoms with Crippen molar-refractivity contribution < 1.29 is 9.53 Å². The normalized spacial score (nSPS) is 20.4. The van der Waals surface area contributed by atoms with Gasteiger partial charge in [-0.05, 0) is 37.0 Å². The molecule has 2 heteroatoms. The van der Waals surface area contributed by atoms with Crippen LogP contribution in [0.3, 0.4) is 0 Å². The maximum Gasteiger partial charge on any atom is 0.339 e. The summed E-state index contributed by atoms with van der Waals surface area (Å²) in [6.07, 6.45) is 4.49. The summed E-state index contributed by atoms with van der Waals surface area (Å²) in [7, 11) is 0. The van der Waals surface area contributed by atoms with Crippen molar-refractivity contribution in [2.75, 3.05) is 0 Å². The summed E-state index contributed by atoms with van der Waals surface area (Å²) in [5.74, 6) is -0.251. The fourth-order valence-electron chi connectivity index (χ4n) is 1.79. The number of hydrogen-bond acceptors (Lipinski definition) is 2. The van der Waals surface area contributed by atoms with Crippen molar-refractivity contribution in [1.29, 1.82) is 0 Å². The number of carbonyl (C=O) groups is 1. The largest absolute Gasteiger partial charge is 0.450 e. The summed E-state index contributed by atoms with van der Waals surface area (Å²) < 4.78 is 5.20. The van der Waals surface area contributed by atoms with Gasteiger partial charge in [0.15, 0.2) is 0 Å². The van der Waals surface area contributed by atoms with Crippen molar-refractivity contribution >= 4 is 5.97 Å². The third-order valence-corrected chi connectivity index (χ3v) is 2.54. The number of carbonyl (C=O) groups excluding carboxylic acids is 1. The minimum Gasteiger partial charge on any atom is -0.450 e. The zero-order chi connectivity index (χ0) is 11.4. The van der Waals surface area contributed by atoms with E-state index in [-0.39, 0.29) is 12.1 Å². The van der Waals surface area contributed by atoms with E-state index in [0.29, 0.717) is 5.57 Å². The van der Waals surface area contributed by atoms with Crippen molar-refractivity contribution in [2.24, 2.45) is 0 Å². The molecule has 1 unspecified atom stereocenters. The summed E-state index contributed by atoms with van der Waals surface area (Å²) in [5.41, 5.74) is 2.51. The van der Waals surface area contributed by atoms with Crippen LogP contribution in [-0.2, 0) is 9.53 Å². The van der Waals surface area contributed by atoms with E-state index in [2.05, 4.69) is 20.1 Å². The smallest absolute Gasteiger partial charge is 0.339 e. The third-order valence-electron chi connectivity index (χ3n) is 2.54. The van der Waals surface area contributed by atoms with Crippen LogP contribution in [0.4, 0.5) is 0 Å². The predicted octanol–water partition coefficient (Wildman–Crippen LogP) is 3.16. The third kappa shape index (κ3) is 2.38. The Kier molecular flexibility index (Phi) is 3.89. The van der Waals surface area contributed by atoms with Gasteiger partial charge in [-0.15, -0.1) is 0 Å². The molecule has 1 rings (SSSR count). The summed E-state index contributed by atoms with van der Waals surface area (Å²) in [4.78, 5) is 11.6. The van der Waals surface area contributed by atoms with Gasteiger partial charge in [0.1, 0.15) is 6.10 Å². The first-order valence-electron chi connectivity index (χ1n) is 5.34. The average molecular weight is 206 g/mol. The molecule has 15 heavy (non-hydrogen) atoms. The Morgan fingerprint density at radius 3 is 2.73 bits per heavy atom. The first-order valence-corrected chi connectivity index (χ1v) is 5.34. The second-order valence-corrected chi connectivity index (χ2v) is 3.85. The van der Waals surface area contributed by atoms with Gasteiger partial charge >= 0.3 is 5.97 Å². The highest BCUT2D eigenvalue weighted by atomic mass is 16.5. The highest BCUT2D eigenvalue weighted by Gasteiger charge is 2.31. The lowest BCUT2D eigenvalue weighted by atomic mass is 9.96. The molecule has 0 saturated carbocycles. The van der Waals surface area contributed by atoms with Crippen molar-refractivity contribution in [1.82, 2.24) is 0 Å². The maximum absolute atomic E-state index is 11.6. The van der Waals surface area contributed by atoms with Gasteiger partial charge in [-0.2, -0.15) is 0 Å². The fourth-order valence-corrected chi connectivity index (χ4v) is 1.79. The van der Waals surface area contributed by atoms with Crippen LogP contribution in [0.2, 0.25) is 0 Å². The van der Waals surface area contributed by atoms with E-state index in [0.717, 1.165) is 30.4 Å². The second-order valence-electron chi connectivity index (χ2n) is 3.85. The molecule has 1 atom stereocenters. The summed E-state index contributed by atoms with van der Waals surface area (Å²) >= 11 is 0. The van der Waals surface area contributed by atoms with Crippen LogP contribution in [0.5, 0.6) is 0 Å². The van der Waals surface area contributed by atoms with Gasteiger partial charge in [-0.1, -0.05) is 26.5 Å². The number of rotatable bonds is 5. The zero-order valence-electron chi connectivity index (χ0n) is 9.51. The minimum absolute atomic E-state index is 0.240. The van der Waals surface area contributed by atoms with Gasteiger partial charge in [0.25, 0.3) is 0 Å². The number of unbranched alkanes of at least 4 members (excludes halogenated alkanes) is 1. The van der Waals surface area contributed by atoms with E-state index < -0.39 is 0 Å². The number of esters is 1. The molecule has 1 aliphatic rings. The van der Waals surface area contributed by atoms with Crippen LogP contribution < -0.4 is 0 Å². The zero-order valence-corrected chi connectivity index (χ0v) is 9.51. The van der Waals surface area contributed by atoms with E-state index >= 15 is 0 Å². The molecule has 1 aliphatic heterocycles. The summed E-state index contributed by atoms with van der Waals surface area (Å²) in [5, 5.41) is 0. The fraction of sp³-hybridized carbons (Fsp3) is 0.462. The standard InChI is InChI=1S/C13H18O2/c1-5-7-8-10-11(6-2)15-13(14)12(10)9(3)4/h6,11H,2-3,5,7-8H2,1,4H3. The Morgan fingerprint density at radius 2 is 2.27 bits per heavy atom. The highest BCUT2D eigenvalue weighted by Crippen LogP contribution is 2.31. The number of cyclic esters (lactones) is 1. The Balaban J connectivity index is 2.99. The molecule has 1 heterocycles. The average Bonchev–Trinajstić information content (AvgIpc) is 2.51. The lowest BCUT2D eigenvalue weighted by Gasteiger charge is -2.08. The van der Waals surface area contributed by atoms with Crippen molar-refractivity contribution in [2.45, 2.75) is 39.2 Å². The lowest BCUT2D eigenvalue weighted by molar-refractivity contribution is -0.138. The molecular weight excluding hydrogens is 188 g/mol. The van der Waals surface area contributed by atoms with Crippen LogP contribution in [0.25, 0.3) is 0 Å². The van der Waals surface area contributed by atoms with Gasteiger partial charge in [0, 0.05) is 0 Å². The van der Waals surface area contributed by atoms with Crippen molar-refractivity contribution in [3.05, 3.63) is 36.0 Å². The quantitative estimate of drug-likeness (QED) is 0.510. The van der Waals surface area contributed by atoms with E-state index in [4.69, 9.17) is 4.74 Å². The monoisotopic (exact) mass is 206 g/mol. The molecule has 0 aromatic rings. The molecule has 0 fully saturated rings. The first-order chi connectivity index (χ1) is 7.11. The Bertz CT molecular complexity index is 323. The second kappa shape index (κ2) is 4.96. The van der Waals surface area contributed by atoms with E-state index in [1.807, 2.05) is 6.92 Å². The maximum atomic E-state index is 11.6. The van der Waals surface area contributed by atoms with Crippen molar-refractivity contribution in [3.63, 3.8) is 0 Å². The Morgan fingerprint density at radius 1 is 1.60 bits per heavy atom. The number of ether oxygens (including phenoxy) is 1. The number of hydrogen-bond donors (Lipinski definition) is 0. The van der Waals surface area contributed by atoms with E-state index in [9.17, 15) is 4.79 Å². The first kappa shape index (κ1) is 11.8. The van der Waals surface area contributed by atoms with Crippen LogP contribution in [0.1, 0.15) is 33.1 Å². The Hall–Kier alpha value is -1.31. The Labute approximate surface area is 91.3 Å². The van der Waals surface area contributed by atoms with E-state index in [1.54, 1.807) is 6.08 Å². The van der Waals surface area contributed by atoms with Gasteiger partial charge in [0.05, 0.1) is 5.57 Å². The molecule has 0 N–H and O–H groups in total. The van der Waals surface area contributed by atoms with Crippen LogP contribution in [0, 0.1) is 0 Å². The molecule has 2 nitrogen and oxygen atoms in total. The summed E-state index contributed by atoms with van der Waals surface area (Å²) in [6.45, 7) is 11.5. The van der Waals surface area contributed by atoms with Crippen LogP contribution in [0.15, 0.2) is 36.0 Å². The molecule has 0 aromatic heterocycles. The molecule has 0 radical (unpaired) electrons. The van der Waals surface area contributed by atoms with Gasteiger partial charge in [-0.3, -0.25) is 0 Å². The van der Waals surface area contributed by atoms with E-state index in [1.165, 1.54) is 0 Å². The topological polar surface area (TPSA) is 26.3 Å². The van der Waals surface area contributed by atoms with Gasteiger partial charge in [-0.25, -0.2) is 4.79 Å². The van der Waals surface area contributed by atoms with Crippen molar-refractivity contribution in [3.8, 4) is 0 Å². The highest BCUT2D eigenvalue weighted by molar-refractivity contribution is 5.96. The minimum atomic E-state index is -0.251. The molecule has 0 aliphatic carbocycles. The predicted molar refractivity (Wildman–Crippen MR) is 61.4 cm³/mol. The summed E-state index contributed by atoms with van der Waals surface area (Å²) in [6, 6.07) is 0. The van der Waals surface area contributed by atoms with Gasteiger partial charge in [0.2, 0.25) is 0 Å². The van der Waals surface area contributed by atoms with Crippen LogP contribution in [-0.4, -0.2) is 12.1 Å². The molecular formula is C13H18O2. The van der Waals surface area contributed by atoms with Gasteiger partial charge < -0.3 is 4.74 Å². The lowest BCUT2D eigenvalue weighted by Crippen LogP contribution is -2.07. The molecule has 0 bridgehead atoms.